The van der Waals surface area contributed by atoms with Gasteiger partial charge in [0, 0.05) is 12.1 Å². The summed E-state index contributed by atoms with van der Waals surface area (Å²) in [4.78, 5) is 54.0. The van der Waals surface area contributed by atoms with Crippen LogP contribution in [0.25, 0.3) is 0 Å². The number of benzene rings is 3. The normalized spacial score (nSPS) is 23.6. The van der Waals surface area contributed by atoms with E-state index in [9.17, 15) is 19.2 Å². The van der Waals surface area contributed by atoms with Gasteiger partial charge in [0.05, 0.1) is 11.8 Å². The van der Waals surface area contributed by atoms with Gasteiger partial charge in [-0.3, -0.25) is 19.3 Å². The highest BCUT2D eigenvalue weighted by Crippen LogP contribution is 2.56. The van der Waals surface area contributed by atoms with E-state index in [-0.39, 0.29) is 41.9 Å². The largest absolute Gasteiger partial charge is 0.457 e. The van der Waals surface area contributed by atoms with Crippen LogP contribution in [0.3, 0.4) is 0 Å². The number of likely N-dealkylation sites (tertiary alicyclic amines) is 1. The number of hydrogen-bond donors (Lipinski definition) is 1. The first-order chi connectivity index (χ1) is 19.5. The van der Waals surface area contributed by atoms with Crippen LogP contribution in [-0.4, -0.2) is 41.2 Å². The lowest BCUT2D eigenvalue weighted by atomic mass is 9.81. The number of carbonyl (C=O) groups is 4. The molecule has 1 aliphatic heterocycles. The molecular weight excluding hydrogens is 508 g/mol. The van der Waals surface area contributed by atoms with E-state index in [1.165, 1.54) is 0 Å². The Morgan fingerprint density at radius 1 is 0.800 bits per heavy atom. The standard InChI is InChI=1S/C32H30N2O6/c35-27(33-23-13-15-25(16-14-23)40-24-9-5-2-6-10-24)19-39-32(38)26(17-20-7-3-1-4-8-20)34-30(36)28-21-11-12-22(18-21)29(28)31(34)37/h1-10,13-16,21-22,26,28-29H,11-12,17-19H2,(H,33,35)/t21-,22-,26-,28+,29+/m0/s1. The summed E-state index contributed by atoms with van der Waals surface area (Å²) < 4.78 is 11.2. The molecule has 8 heteroatoms. The maximum atomic E-state index is 13.5. The number of nitrogens with one attached hydrogen (secondary N) is 1. The van der Waals surface area contributed by atoms with Gasteiger partial charge in [0.1, 0.15) is 17.5 Å². The molecule has 40 heavy (non-hydrogen) atoms. The predicted octanol–water partition coefficient (Wildman–Crippen LogP) is 4.60. The van der Waals surface area contributed by atoms with E-state index in [2.05, 4.69) is 5.32 Å². The number of ether oxygens (including phenoxy) is 2. The highest BCUT2D eigenvalue weighted by molar-refractivity contribution is 6.08. The van der Waals surface area contributed by atoms with Crippen LogP contribution in [0.1, 0.15) is 24.8 Å². The molecule has 3 aliphatic rings. The van der Waals surface area contributed by atoms with Crippen LogP contribution < -0.4 is 10.1 Å². The van der Waals surface area contributed by atoms with Gasteiger partial charge >= 0.3 is 5.97 Å². The van der Waals surface area contributed by atoms with Gasteiger partial charge in [-0.25, -0.2) is 4.79 Å². The number of amides is 3. The topological polar surface area (TPSA) is 102 Å². The summed E-state index contributed by atoms with van der Waals surface area (Å²) in [5.41, 5.74) is 1.31. The molecule has 0 aromatic heterocycles. The number of nitrogens with zero attached hydrogens (tertiary/aromatic N) is 1. The third-order valence-corrected chi connectivity index (χ3v) is 8.28. The summed E-state index contributed by atoms with van der Waals surface area (Å²) in [5.74, 6) is -0.800. The van der Waals surface area contributed by atoms with Crippen LogP contribution >= 0.6 is 0 Å². The highest BCUT2D eigenvalue weighted by atomic mass is 16.5. The number of hydrogen-bond acceptors (Lipinski definition) is 6. The van der Waals surface area contributed by atoms with Crippen LogP contribution in [0.15, 0.2) is 84.9 Å². The SMILES string of the molecule is O=C(COC(=O)[C@H](Cc1ccccc1)N1C(=O)[C@@H]2[C@H]3CC[C@@H](C3)[C@H]2C1=O)Nc1ccc(Oc2ccccc2)cc1. The van der Waals surface area contributed by atoms with Crippen molar-refractivity contribution in [2.45, 2.75) is 31.7 Å². The quantitative estimate of drug-likeness (QED) is 0.316. The van der Waals surface area contributed by atoms with Crippen LogP contribution in [0.4, 0.5) is 5.69 Å². The maximum Gasteiger partial charge on any atom is 0.330 e. The molecule has 1 N–H and O–H groups in total. The van der Waals surface area contributed by atoms with E-state index in [0.29, 0.717) is 17.2 Å². The lowest BCUT2D eigenvalue weighted by molar-refractivity contribution is -0.160. The van der Waals surface area contributed by atoms with Crippen LogP contribution in [-0.2, 0) is 30.3 Å². The van der Waals surface area contributed by atoms with Crippen LogP contribution in [0.2, 0.25) is 0 Å². The van der Waals surface area contributed by atoms with Crippen LogP contribution in [0.5, 0.6) is 11.5 Å². The number of esters is 1. The zero-order chi connectivity index (χ0) is 27.6. The summed E-state index contributed by atoms with van der Waals surface area (Å²) in [6.07, 6.45) is 2.95. The second kappa shape index (κ2) is 11.0. The average Bonchev–Trinajstić information content (AvgIpc) is 3.66. The minimum absolute atomic E-state index is 0.135. The molecule has 3 aromatic rings. The Kier molecular flexibility index (Phi) is 7.07. The second-order valence-corrected chi connectivity index (χ2v) is 10.7. The zero-order valence-corrected chi connectivity index (χ0v) is 21.9. The fourth-order valence-corrected chi connectivity index (χ4v) is 6.52. The van der Waals surface area contributed by atoms with Crippen molar-refractivity contribution in [3.63, 3.8) is 0 Å². The van der Waals surface area contributed by atoms with Gasteiger partial charge in [0.25, 0.3) is 5.91 Å². The zero-order valence-electron chi connectivity index (χ0n) is 21.9. The van der Waals surface area contributed by atoms with Gasteiger partial charge in [-0.05, 0) is 73.1 Å². The molecule has 3 fully saturated rings. The molecule has 3 aromatic carbocycles. The molecule has 204 valence electrons. The van der Waals surface area contributed by atoms with Gasteiger partial charge in [-0.1, -0.05) is 48.5 Å². The average molecular weight is 539 g/mol. The third kappa shape index (κ3) is 5.09. The summed E-state index contributed by atoms with van der Waals surface area (Å²) in [5, 5.41) is 2.70. The molecule has 3 amide bonds. The number of imide groups is 1. The van der Waals surface area contributed by atoms with Crippen molar-refractivity contribution in [3.05, 3.63) is 90.5 Å². The van der Waals surface area contributed by atoms with Gasteiger partial charge in [0.2, 0.25) is 11.8 Å². The van der Waals surface area contributed by atoms with E-state index in [4.69, 9.17) is 9.47 Å². The molecule has 0 unspecified atom stereocenters. The van der Waals surface area contributed by atoms with Gasteiger partial charge in [-0.15, -0.1) is 0 Å². The molecule has 6 rings (SSSR count). The van der Waals surface area contributed by atoms with Crippen molar-refractivity contribution in [2.24, 2.45) is 23.7 Å². The van der Waals surface area contributed by atoms with Gasteiger partial charge < -0.3 is 14.8 Å². The fraction of sp³-hybridized carbons (Fsp3) is 0.312. The van der Waals surface area contributed by atoms with Crippen molar-refractivity contribution in [2.75, 3.05) is 11.9 Å². The van der Waals surface area contributed by atoms with Crippen molar-refractivity contribution < 1.29 is 28.7 Å². The Bertz CT molecular complexity index is 1380. The lowest BCUT2D eigenvalue weighted by Gasteiger charge is -2.26. The number of para-hydroxylation sites is 1. The van der Waals surface area contributed by atoms with Crippen molar-refractivity contribution >= 4 is 29.4 Å². The molecule has 2 saturated carbocycles. The Morgan fingerprint density at radius 3 is 2.00 bits per heavy atom. The first kappa shape index (κ1) is 25.8. The minimum atomic E-state index is -1.12. The third-order valence-electron chi connectivity index (χ3n) is 8.28. The van der Waals surface area contributed by atoms with E-state index in [0.717, 1.165) is 29.7 Å². The van der Waals surface area contributed by atoms with E-state index in [1.54, 1.807) is 24.3 Å². The Balaban J connectivity index is 1.10. The molecule has 2 bridgehead atoms. The Morgan fingerprint density at radius 2 is 1.38 bits per heavy atom. The molecule has 5 atom stereocenters. The number of carbonyl (C=O) groups excluding carboxylic acids is 4. The van der Waals surface area contributed by atoms with E-state index in [1.807, 2.05) is 60.7 Å². The van der Waals surface area contributed by atoms with E-state index < -0.39 is 24.5 Å². The second-order valence-electron chi connectivity index (χ2n) is 10.7. The predicted molar refractivity (Wildman–Crippen MR) is 146 cm³/mol. The number of fused-ring (bicyclic) bond motifs is 5. The summed E-state index contributed by atoms with van der Waals surface area (Å²) >= 11 is 0. The summed E-state index contributed by atoms with van der Waals surface area (Å²) in [6.45, 7) is -0.541. The van der Waals surface area contributed by atoms with Crippen molar-refractivity contribution in [1.82, 2.24) is 4.90 Å². The fourth-order valence-electron chi connectivity index (χ4n) is 6.52. The maximum absolute atomic E-state index is 13.5. The molecule has 2 aliphatic carbocycles. The number of rotatable bonds is 9. The first-order valence-electron chi connectivity index (χ1n) is 13.7. The Hall–Kier alpha value is -4.46. The van der Waals surface area contributed by atoms with Gasteiger partial charge in [0.15, 0.2) is 6.61 Å². The summed E-state index contributed by atoms with van der Waals surface area (Å²) in [7, 11) is 0. The molecular formula is C32H30N2O6. The monoisotopic (exact) mass is 538 g/mol. The first-order valence-corrected chi connectivity index (χ1v) is 13.7. The molecule has 1 heterocycles. The smallest absolute Gasteiger partial charge is 0.330 e. The molecule has 0 radical (unpaired) electrons. The summed E-state index contributed by atoms with van der Waals surface area (Å²) in [6, 6.07) is 24.2. The van der Waals surface area contributed by atoms with Crippen molar-refractivity contribution in [1.29, 1.82) is 0 Å². The number of anilines is 1. The molecule has 0 spiro atoms. The Labute approximate surface area is 232 Å². The highest BCUT2D eigenvalue weighted by Gasteiger charge is 2.62. The van der Waals surface area contributed by atoms with Gasteiger partial charge in [-0.2, -0.15) is 0 Å². The van der Waals surface area contributed by atoms with Crippen molar-refractivity contribution in [3.8, 4) is 11.5 Å². The molecule has 1 saturated heterocycles. The minimum Gasteiger partial charge on any atom is -0.457 e. The molecule has 8 nitrogen and oxygen atoms in total. The van der Waals surface area contributed by atoms with E-state index >= 15 is 0 Å². The van der Waals surface area contributed by atoms with Crippen LogP contribution in [0, 0.1) is 23.7 Å². The lowest BCUT2D eigenvalue weighted by Crippen LogP contribution is -2.48.